The highest BCUT2D eigenvalue weighted by atomic mass is 79.9. The second kappa shape index (κ2) is 7.73. The predicted molar refractivity (Wildman–Crippen MR) is 101 cm³/mol. The van der Waals surface area contributed by atoms with E-state index in [9.17, 15) is 18.0 Å². The Kier molecular flexibility index (Phi) is 5.59. The number of hydrogen-bond donors (Lipinski definition) is 1. The molecule has 1 aliphatic heterocycles. The lowest BCUT2D eigenvalue weighted by Crippen LogP contribution is -2.31. The van der Waals surface area contributed by atoms with E-state index in [2.05, 4.69) is 21.2 Å². The molecule has 0 aliphatic carbocycles. The molecule has 1 aromatic carbocycles. The number of carbonyl (C=O) groups is 1. The number of anilines is 1. The molecule has 1 aliphatic rings. The smallest absolute Gasteiger partial charge is 0.251 e. The van der Waals surface area contributed by atoms with Crippen molar-refractivity contribution in [2.45, 2.75) is 24.3 Å². The molecule has 0 atom stereocenters. The summed E-state index contributed by atoms with van der Waals surface area (Å²) in [5.74, 6) is -0.412. The van der Waals surface area contributed by atoms with Crippen molar-refractivity contribution in [2.24, 2.45) is 0 Å². The maximum Gasteiger partial charge on any atom is 0.251 e. The molecule has 0 radical (unpaired) electrons. The van der Waals surface area contributed by atoms with Gasteiger partial charge in [-0.2, -0.15) is 4.31 Å². The summed E-state index contributed by atoms with van der Waals surface area (Å²) in [5, 5.41) is 2.68. The molecule has 26 heavy (non-hydrogen) atoms. The van der Waals surface area contributed by atoms with Crippen molar-refractivity contribution in [3.05, 3.63) is 57.4 Å². The zero-order valence-electron chi connectivity index (χ0n) is 13.9. The lowest BCUT2D eigenvalue weighted by molar-refractivity contribution is -0.116. The number of rotatable bonds is 5. The molecule has 1 N–H and O–H groups in total. The first kappa shape index (κ1) is 18.8. The fourth-order valence-corrected chi connectivity index (χ4v) is 4.55. The second-order valence-electron chi connectivity index (χ2n) is 6.00. The molecule has 0 saturated carbocycles. The summed E-state index contributed by atoms with van der Waals surface area (Å²) in [4.78, 5) is 24.2. The fourth-order valence-electron chi connectivity index (χ4n) is 2.75. The lowest BCUT2D eigenvalue weighted by atomic mass is 10.3. The zero-order chi connectivity index (χ0) is 18.7. The highest BCUT2D eigenvalue weighted by Gasteiger charge is 2.27. The van der Waals surface area contributed by atoms with Crippen LogP contribution in [0.25, 0.3) is 0 Å². The van der Waals surface area contributed by atoms with Crippen molar-refractivity contribution >= 4 is 37.5 Å². The van der Waals surface area contributed by atoms with Crippen molar-refractivity contribution in [1.82, 2.24) is 8.87 Å². The summed E-state index contributed by atoms with van der Waals surface area (Å²) in [6, 6.07) is 9.48. The topological polar surface area (TPSA) is 88.5 Å². The molecule has 1 fully saturated rings. The van der Waals surface area contributed by atoms with Gasteiger partial charge in [-0.05, 0) is 43.2 Å². The van der Waals surface area contributed by atoms with Gasteiger partial charge in [-0.25, -0.2) is 8.42 Å². The van der Waals surface area contributed by atoms with Crippen LogP contribution in [-0.4, -0.2) is 36.3 Å². The first-order valence-electron chi connectivity index (χ1n) is 8.12. The lowest BCUT2D eigenvalue weighted by Gasteiger charge is -2.16. The van der Waals surface area contributed by atoms with E-state index < -0.39 is 21.5 Å². The molecule has 0 spiro atoms. The Bertz CT molecular complexity index is 964. The predicted octanol–water partition coefficient (Wildman–Crippen LogP) is 2.03. The van der Waals surface area contributed by atoms with E-state index in [1.54, 1.807) is 24.3 Å². The van der Waals surface area contributed by atoms with E-state index in [0.717, 1.165) is 21.9 Å². The van der Waals surface area contributed by atoms with Gasteiger partial charge in [-0.1, -0.05) is 15.9 Å². The number of pyridine rings is 1. The summed E-state index contributed by atoms with van der Waals surface area (Å²) < 4.78 is 28.6. The van der Waals surface area contributed by atoms with E-state index in [-0.39, 0.29) is 11.4 Å². The second-order valence-corrected chi connectivity index (χ2v) is 8.85. The maximum atomic E-state index is 12.6. The number of sulfonamides is 1. The number of aromatic nitrogens is 1. The number of amides is 1. The van der Waals surface area contributed by atoms with Gasteiger partial charge in [0.2, 0.25) is 15.9 Å². The molecule has 3 rings (SSSR count). The number of halogens is 1. The molecule has 9 heteroatoms. The highest BCUT2D eigenvalue weighted by molar-refractivity contribution is 9.10. The first-order valence-corrected chi connectivity index (χ1v) is 10.4. The molecule has 2 aromatic rings. The van der Waals surface area contributed by atoms with Gasteiger partial charge in [0.15, 0.2) is 0 Å². The van der Waals surface area contributed by atoms with Crippen LogP contribution in [0.2, 0.25) is 0 Å². The van der Waals surface area contributed by atoms with Gasteiger partial charge in [-0.15, -0.1) is 0 Å². The van der Waals surface area contributed by atoms with E-state index in [1.807, 2.05) is 0 Å². The molecule has 138 valence electrons. The number of benzene rings is 1. The van der Waals surface area contributed by atoms with E-state index in [4.69, 9.17) is 0 Å². The van der Waals surface area contributed by atoms with Crippen LogP contribution in [0.15, 0.2) is 56.8 Å². The summed E-state index contributed by atoms with van der Waals surface area (Å²) in [6.07, 6.45) is 2.89. The molecule has 0 unspecified atom stereocenters. The van der Waals surface area contributed by atoms with Crippen LogP contribution in [-0.2, 0) is 21.4 Å². The third kappa shape index (κ3) is 4.22. The van der Waals surface area contributed by atoms with Crippen molar-refractivity contribution < 1.29 is 13.2 Å². The highest BCUT2D eigenvalue weighted by Crippen LogP contribution is 2.20. The van der Waals surface area contributed by atoms with Gasteiger partial charge in [0.05, 0.1) is 4.90 Å². The third-order valence-electron chi connectivity index (χ3n) is 4.10. The van der Waals surface area contributed by atoms with Gasteiger partial charge in [0.1, 0.15) is 6.54 Å². The van der Waals surface area contributed by atoms with Crippen molar-refractivity contribution in [3.63, 3.8) is 0 Å². The number of nitrogens with one attached hydrogen (secondary N) is 1. The molecule has 1 amide bonds. The molecule has 7 nitrogen and oxygen atoms in total. The quantitative estimate of drug-likeness (QED) is 0.771. The molecule has 0 bridgehead atoms. The zero-order valence-corrected chi connectivity index (χ0v) is 16.3. The maximum absolute atomic E-state index is 12.6. The fraction of sp³-hybridized carbons (Fsp3) is 0.294. The molecule has 2 heterocycles. The minimum Gasteiger partial charge on any atom is -0.325 e. The Labute approximate surface area is 159 Å². The minimum absolute atomic E-state index is 0.0236. The molecular formula is C17H18BrN3O4S. The largest absolute Gasteiger partial charge is 0.325 e. The van der Waals surface area contributed by atoms with Crippen LogP contribution in [0.4, 0.5) is 5.69 Å². The van der Waals surface area contributed by atoms with Crippen molar-refractivity contribution in [2.75, 3.05) is 18.4 Å². The van der Waals surface area contributed by atoms with Gasteiger partial charge >= 0.3 is 0 Å². The summed E-state index contributed by atoms with van der Waals surface area (Å²) in [7, 11) is -3.64. The average Bonchev–Trinajstić information content (AvgIpc) is 3.14. The van der Waals surface area contributed by atoms with Crippen LogP contribution < -0.4 is 10.9 Å². The van der Waals surface area contributed by atoms with Gasteiger partial charge < -0.3 is 9.88 Å². The Morgan fingerprint density at radius 3 is 2.38 bits per heavy atom. The average molecular weight is 440 g/mol. The Hall–Kier alpha value is -1.97. The molecular weight excluding hydrogens is 422 g/mol. The van der Waals surface area contributed by atoms with Crippen molar-refractivity contribution in [3.8, 4) is 0 Å². The summed E-state index contributed by atoms with van der Waals surface area (Å²) in [6.45, 7) is 0.690. The Morgan fingerprint density at radius 1 is 1.08 bits per heavy atom. The van der Waals surface area contributed by atoms with E-state index >= 15 is 0 Å². The number of carbonyl (C=O) groups excluding carboxylic acids is 1. The SMILES string of the molecule is O=C(Cn1cc(S(=O)(=O)N2CCCC2)ccc1=O)Nc1ccc(Br)cc1. The number of hydrogen-bond acceptors (Lipinski definition) is 4. The van der Waals surface area contributed by atoms with Crippen LogP contribution >= 0.6 is 15.9 Å². The molecule has 1 aromatic heterocycles. The Balaban J connectivity index is 1.78. The summed E-state index contributed by atoms with van der Waals surface area (Å²) >= 11 is 3.31. The standard InChI is InChI=1S/C17H18BrN3O4S/c18-13-3-5-14(6-4-13)19-16(22)12-20-11-15(7-8-17(20)23)26(24,25)21-9-1-2-10-21/h3-8,11H,1-2,9-10,12H2,(H,19,22). The molecule has 1 saturated heterocycles. The summed E-state index contributed by atoms with van der Waals surface area (Å²) in [5.41, 5.74) is 0.156. The number of nitrogens with zero attached hydrogens (tertiary/aromatic N) is 2. The normalized spacial score (nSPS) is 15.1. The minimum atomic E-state index is -3.64. The van der Waals surface area contributed by atoms with Crippen LogP contribution in [0.3, 0.4) is 0 Å². The first-order chi connectivity index (χ1) is 12.4. The van der Waals surface area contributed by atoms with Crippen LogP contribution in [0.5, 0.6) is 0 Å². The Morgan fingerprint density at radius 2 is 1.73 bits per heavy atom. The van der Waals surface area contributed by atoms with Gasteiger partial charge in [-0.3, -0.25) is 9.59 Å². The van der Waals surface area contributed by atoms with E-state index in [1.165, 1.54) is 22.6 Å². The van der Waals surface area contributed by atoms with E-state index in [0.29, 0.717) is 18.8 Å². The van der Waals surface area contributed by atoms with Gasteiger partial charge in [0.25, 0.3) is 5.56 Å². The van der Waals surface area contributed by atoms with Crippen LogP contribution in [0, 0.1) is 0 Å². The monoisotopic (exact) mass is 439 g/mol. The van der Waals surface area contributed by atoms with Gasteiger partial charge in [0, 0.05) is 35.5 Å². The van der Waals surface area contributed by atoms with Crippen molar-refractivity contribution in [1.29, 1.82) is 0 Å². The van der Waals surface area contributed by atoms with Crippen LogP contribution in [0.1, 0.15) is 12.8 Å². The third-order valence-corrected chi connectivity index (χ3v) is 6.51.